The van der Waals surface area contributed by atoms with Gasteiger partial charge in [0.05, 0.1) is 5.54 Å². The van der Waals surface area contributed by atoms with Crippen molar-refractivity contribution in [1.29, 1.82) is 0 Å². The lowest BCUT2D eigenvalue weighted by molar-refractivity contribution is -0.0732. The predicted molar refractivity (Wildman–Crippen MR) is 94.2 cm³/mol. The van der Waals surface area contributed by atoms with Gasteiger partial charge in [-0.25, -0.2) is 0 Å². The Morgan fingerprint density at radius 1 is 1.38 bits per heavy atom. The number of methoxy groups -OCH3 is 1. The molecular weight excluding hydrogens is 302 g/mol. The maximum Gasteiger partial charge on any atom is 0.270 e. The maximum absolute atomic E-state index is 12.8. The van der Waals surface area contributed by atoms with Gasteiger partial charge in [0.25, 0.3) is 5.91 Å². The summed E-state index contributed by atoms with van der Waals surface area (Å²) < 4.78 is 5.35. The van der Waals surface area contributed by atoms with Crippen molar-refractivity contribution in [2.75, 3.05) is 40.4 Å². The Hall–Kier alpha value is -1.85. The lowest BCUT2D eigenvalue weighted by atomic mass is 9.75. The number of likely N-dealkylation sites (tertiary alicyclic amines) is 2. The molecule has 1 spiro atoms. The van der Waals surface area contributed by atoms with Gasteiger partial charge in [0.15, 0.2) is 0 Å². The highest BCUT2D eigenvalue weighted by molar-refractivity contribution is 5.98. The molecule has 5 nitrogen and oxygen atoms in total. The van der Waals surface area contributed by atoms with Gasteiger partial charge in [0.1, 0.15) is 5.69 Å². The minimum absolute atomic E-state index is 0.110. The van der Waals surface area contributed by atoms with E-state index in [0.29, 0.717) is 11.6 Å². The van der Waals surface area contributed by atoms with Crippen LogP contribution in [0.1, 0.15) is 23.3 Å². The number of H-pyrrole nitrogens is 1. The number of carbonyl (C=O) groups is 1. The normalized spacial score (nSPS) is 23.6. The summed E-state index contributed by atoms with van der Waals surface area (Å²) in [6.07, 6.45) is 2.30. The quantitative estimate of drug-likeness (QED) is 0.941. The number of piperidine rings is 1. The molecule has 1 amide bonds. The van der Waals surface area contributed by atoms with Crippen molar-refractivity contribution >= 4 is 16.8 Å². The molecule has 4 rings (SSSR count). The SMILES string of the molecule is COC[C@H]1CCN(C)C2(C1)CN(C(=O)c1cc3ccccc3[nH]1)C2. The lowest BCUT2D eigenvalue weighted by Gasteiger charge is -2.58. The van der Waals surface area contributed by atoms with Gasteiger partial charge < -0.3 is 14.6 Å². The van der Waals surface area contributed by atoms with Crippen LogP contribution in [0.2, 0.25) is 0 Å². The van der Waals surface area contributed by atoms with Gasteiger partial charge in [-0.15, -0.1) is 0 Å². The van der Waals surface area contributed by atoms with Gasteiger partial charge in [-0.05, 0) is 44.5 Å². The number of carbonyl (C=O) groups excluding carboxylic acids is 1. The van der Waals surface area contributed by atoms with E-state index in [0.717, 1.165) is 43.6 Å². The standard InChI is InChI=1S/C19H25N3O2/c1-21-8-7-14(11-24-2)10-19(21)12-22(13-19)18(23)17-9-15-5-3-4-6-16(15)20-17/h3-6,9,14,20H,7-8,10-13H2,1-2H3/t14-/m0/s1. The number of aromatic amines is 1. The number of nitrogens with one attached hydrogen (secondary N) is 1. The van der Waals surface area contributed by atoms with Crippen LogP contribution in [0, 0.1) is 5.92 Å². The molecule has 2 aromatic rings. The second-order valence-electron chi connectivity index (χ2n) is 7.39. The fraction of sp³-hybridized carbons (Fsp3) is 0.526. The molecule has 0 radical (unpaired) electrons. The fourth-order valence-electron chi connectivity index (χ4n) is 4.32. The largest absolute Gasteiger partial charge is 0.384 e. The van der Waals surface area contributed by atoms with Crippen LogP contribution < -0.4 is 0 Å². The number of aromatic nitrogens is 1. The zero-order valence-corrected chi connectivity index (χ0v) is 14.4. The highest BCUT2D eigenvalue weighted by Gasteiger charge is 2.51. The number of benzene rings is 1. The molecule has 3 heterocycles. The Balaban J connectivity index is 1.46. The third-order valence-electron chi connectivity index (χ3n) is 5.77. The minimum Gasteiger partial charge on any atom is -0.384 e. The zero-order valence-electron chi connectivity index (χ0n) is 14.4. The first-order valence-electron chi connectivity index (χ1n) is 8.68. The second kappa shape index (κ2) is 5.90. The number of hydrogen-bond donors (Lipinski definition) is 1. The highest BCUT2D eigenvalue weighted by atomic mass is 16.5. The Kier molecular flexibility index (Phi) is 3.85. The number of rotatable bonds is 3. The summed E-state index contributed by atoms with van der Waals surface area (Å²) in [6, 6.07) is 9.98. The van der Waals surface area contributed by atoms with E-state index in [2.05, 4.69) is 16.9 Å². The van der Waals surface area contributed by atoms with E-state index in [-0.39, 0.29) is 11.4 Å². The van der Waals surface area contributed by atoms with Crippen molar-refractivity contribution in [1.82, 2.24) is 14.8 Å². The molecule has 0 saturated carbocycles. The van der Waals surface area contributed by atoms with Crippen molar-refractivity contribution in [2.45, 2.75) is 18.4 Å². The van der Waals surface area contributed by atoms with Crippen LogP contribution in [0.4, 0.5) is 0 Å². The molecule has 24 heavy (non-hydrogen) atoms. The van der Waals surface area contributed by atoms with Gasteiger partial charge in [-0.2, -0.15) is 0 Å². The van der Waals surface area contributed by atoms with E-state index in [1.165, 1.54) is 6.42 Å². The molecule has 2 saturated heterocycles. The summed E-state index contributed by atoms with van der Waals surface area (Å²) in [6.45, 7) is 3.55. The summed E-state index contributed by atoms with van der Waals surface area (Å²) in [7, 11) is 3.96. The Bertz CT molecular complexity index is 715. The van der Waals surface area contributed by atoms with Crippen molar-refractivity contribution in [2.24, 2.45) is 5.92 Å². The number of nitrogens with zero attached hydrogens (tertiary/aromatic N) is 2. The molecule has 1 aromatic heterocycles. The molecule has 0 bridgehead atoms. The van der Waals surface area contributed by atoms with Crippen molar-refractivity contribution in [3.8, 4) is 0 Å². The molecule has 1 aromatic carbocycles. The van der Waals surface area contributed by atoms with E-state index >= 15 is 0 Å². The zero-order chi connectivity index (χ0) is 16.7. The number of hydrogen-bond acceptors (Lipinski definition) is 3. The average molecular weight is 327 g/mol. The van der Waals surface area contributed by atoms with Crippen LogP contribution in [0.25, 0.3) is 10.9 Å². The number of likely N-dealkylation sites (N-methyl/N-ethyl adjacent to an activating group) is 1. The summed E-state index contributed by atoms with van der Waals surface area (Å²) in [4.78, 5) is 20.4. The molecule has 5 heteroatoms. The van der Waals surface area contributed by atoms with Crippen molar-refractivity contribution < 1.29 is 9.53 Å². The Morgan fingerprint density at radius 2 is 2.17 bits per heavy atom. The van der Waals surface area contributed by atoms with Gasteiger partial charge >= 0.3 is 0 Å². The molecule has 0 unspecified atom stereocenters. The van der Waals surface area contributed by atoms with Crippen LogP contribution in [0.15, 0.2) is 30.3 Å². The maximum atomic E-state index is 12.8. The molecule has 1 atom stereocenters. The molecule has 2 aliphatic rings. The van der Waals surface area contributed by atoms with Crippen LogP contribution in [0.5, 0.6) is 0 Å². The van der Waals surface area contributed by atoms with Crippen molar-refractivity contribution in [3.05, 3.63) is 36.0 Å². The number of para-hydroxylation sites is 1. The molecule has 0 aliphatic carbocycles. The average Bonchev–Trinajstić information content (AvgIpc) is 2.98. The third kappa shape index (κ3) is 2.52. The van der Waals surface area contributed by atoms with E-state index in [9.17, 15) is 4.79 Å². The molecule has 2 fully saturated rings. The Morgan fingerprint density at radius 3 is 2.92 bits per heavy atom. The third-order valence-corrected chi connectivity index (χ3v) is 5.77. The molecule has 128 valence electrons. The summed E-state index contributed by atoms with van der Waals surface area (Å²) in [5, 5.41) is 1.09. The smallest absolute Gasteiger partial charge is 0.270 e. The van der Waals surface area contributed by atoms with Crippen molar-refractivity contribution in [3.63, 3.8) is 0 Å². The second-order valence-corrected chi connectivity index (χ2v) is 7.39. The fourth-order valence-corrected chi connectivity index (χ4v) is 4.32. The molecule has 2 aliphatic heterocycles. The van der Waals surface area contributed by atoms with Gasteiger partial charge in [-0.3, -0.25) is 9.69 Å². The van der Waals surface area contributed by atoms with Crippen LogP contribution >= 0.6 is 0 Å². The van der Waals surface area contributed by atoms with E-state index in [1.807, 2.05) is 35.2 Å². The van der Waals surface area contributed by atoms with Crippen LogP contribution in [0.3, 0.4) is 0 Å². The number of amides is 1. The molecule has 1 N–H and O–H groups in total. The number of ether oxygens (including phenoxy) is 1. The van der Waals surface area contributed by atoms with Crippen LogP contribution in [-0.2, 0) is 4.74 Å². The topological polar surface area (TPSA) is 48.6 Å². The van der Waals surface area contributed by atoms with Gasteiger partial charge in [0, 0.05) is 37.7 Å². The van der Waals surface area contributed by atoms with E-state index in [1.54, 1.807) is 7.11 Å². The van der Waals surface area contributed by atoms with Gasteiger partial charge in [0.2, 0.25) is 0 Å². The predicted octanol–water partition coefficient (Wildman–Crippen LogP) is 2.35. The summed E-state index contributed by atoms with van der Waals surface area (Å²) in [5.41, 5.74) is 1.85. The monoisotopic (exact) mass is 327 g/mol. The summed E-state index contributed by atoms with van der Waals surface area (Å²) >= 11 is 0. The van der Waals surface area contributed by atoms with E-state index < -0.39 is 0 Å². The molecular formula is C19H25N3O2. The Labute approximate surface area is 142 Å². The van der Waals surface area contributed by atoms with Gasteiger partial charge in [-0.1, -0.05) is 18.2 Å². The first-order chi connectivity index (χ1) is 11.6. The van der Waals surface area contributed by atoms with Crippen LogP contribution in [-0.4, -0.2) is 66.6 Å². The minimum atomic E-state index is 0.110. The first-order valence-corrected chi connectivity index (χ1v) is 8.68. The summed E-state index contributed by atoms with van der Waals surface area (Å²) in [5.74, 6) is 0.718. The highest BCUT2D eigenvalue weighted by Crippen LogP contribution is 2.38. The lowest BCUT2D eigenvalue weighted by Crippen LogP contribution is -2.72. The number of fused-ring (bicyclic) bond motifs is 1. The van der Waals surface area contributed by atoms with E-state index in [4.69, 9.17) is 4.74 Å². The first kappa shape index (κ1) is 15.7.